The monoisotopic (exact) mass is 414 g/mol. The minimum Gasteiger partial charge on any atom is -0.496 e. The normalized spacial score (nSPS) is 14.8. The smallest absolute Gasteiger partial charge is 0.276 e. The molecule has 0 spiro atoms. The molecule has 2 aromatic rings. The Morgan fingerprint density at radius 1 is 1.03 bits per heavy atom. The van der Waals surface area contributed by atoms with Gasteiger partial charge in [-0.1, -0.05) is 73.5 Å². The highest BCUT2D eigenvalue weighted by molar-refractivity contribution is 8.12. The lowest BCUT2D eigenvalue weighted by molar-refractivity contribution is 0.0933. The lowest BCUT2D eigenvalue weighted by Gasteiger charge is -2.38. The van der Waals surface area contributed by atoms with E-state index in [4.69, 9.17) is 4.74 Å². The lowest BCUT2D eigenvalue weighted by Crippen LogP contribution is -2.42. The third-order valence-corrected chi connectivity index (χ3v) is 5.74. The number of carbonyl (C=O) groups excluding carboxylic acids is 2. The van der Waals surface area contributed by atoms with Gasteiger partial charge in [0.25, 0.3) is 11.1 Å². The van der Waals surface area contributed by atoms with Crippen LogP contribution < -0.4 is 15.8 Å². The Morgan fingerprint density at radius 2 is 1.62 bits per heavy atom. The molecule has 0 unspecified atom stereocenters. The molecule has 1 aliphatic carbocycles. The molecule has 1 saturated carbocycles. The van der Waals surface area contributed by atoms with E-state index in [0.29, 0.717) is 17.9 Å². The van der Waals surface area contributed by atoms with Crippen molar-refractivity contribution >= 4 is 22.9 Å². The fraction of sp³-hybridized carbons (Fsp3) is 0.391. The first-order valence-electron chi connectivity index (χ1n) is 9.82. The summed E-state index contributed by atoms with van der Waals surface area (Å²) in [5.41, 5.74) is 6.60. The van der Waals surface area contributed by atoms with E-state index in [9.17, 15) is 9.59 Å². The molecular weight excluding hydrogens is 384 g/mol. The van der Waals surface area contributed by atoms with Crippen LogP contribution in [0.15, 0.2) is 54.6 Å². The first-order chi connectivity index (χ1) is 14.0. The summed E-state index contributed by atoms with van der Waals surface area (Å²) in [6.45, 7) is 0.674. The molecule has 0 aliphatic heterocycles. The number of thioether (sulfide) groups is 1. The Kier molecular flexibility index (Phi) is 9.06. The van der Waals surface area contributed by atoms with E-state index in [2.05, 4.69) is 35.3 Å². The number of primary amides is 1. The number of nitrogens with two attached hydrogens (primary N) is 1. The fourth-order valence-corrected chi connectivity index (χ4v) is 3.76. The summed E-state index contributed by atoms with van der Waals surface area (Å²) in [5, 5.41) is 2.84. The van der Waals surface area contributed by atoms with Crippen LogP contribution in [-0.2, 0) is 5.41 Å². The third kappa shape index (κ3) is 6.53. The first kappa shape index (κ1) is 22.8. The number of rotatable bonds is 5. The van der Waals surface area contributed by atoms with Crippen molar-refractivity contribution in [1.29, 1.82) is 0 Å². The number of carbonyl (C=O) groups is 2. The Morgan fingerprint density at radius 3 is 2.21 bits per heavy atom. The van der Waals surface area contributed by atoms with Crippen LogP contribution in [0.25, 0.3) is 0 Å². The average molecular weight is 415 g/mol. The number of para-hydroxylation sites is 1. The summed E-state index contributed by atoms with van der Waals surface area (Å²) in [6.07, 6.45) is 7.63. The van der Waals surface area contributed by atoms with Gasteiger partial charge < -0.3 is 15.8 Å². The average Bonchev–Trinajstić information content (AvgIpc) is 2.79. The second kappa shape index (κ2) is 11.5. The van der Waals surface area contributed by atoms with E-state index < -0.39 is 0 Å². The van der Waals surface area contributed by atoms with E-state index in [0.717, 1.165) is 24.6 Å². The van der Waals surface area contributed by atoms with E-state index in [1.807, 2.05) is 30.3 Å². The molecule has 0 bridgehead atoms. The number of amides is 2. The van der Waals surface area contributed by atoms with Crippen LogP contribution in [0.3, 0.4) is 0 Å². The molecule has 1 fully saturated rings. The van der Waals surface area contributed by atoms with Crippen LogP contribution in [0.2, 0.25) is 0 Å². The molecule has 0 radical (unpaired) electrons. The van der Waals surface area contributed by atoms with Crippen molar-refractivity contribution < 1.29 is 14.3 Å². The highest BCUT2D eigenvalue weighted by atomic mass is 32.2. The van der Waals surface area contributed by atoms with Crippen molar-refractivity contribution in [3.63, 3.8) is 0 Å². The Labute approximate surface area is 177 Å². The van der Waals surface area contributed by atoms with Crippen LogP contribution in [0.1, 0.15) is 48.0 Å². The van der Waals surface area contributed by atoms with Crippen molar-refractivity contribution in [3.8, 4) is 5.75 Å². The summed E-state index contributed by atoms with van der Waals surface area (Å²) in [7, 11) is 1.60. The maximum atomic E-state index is 12.6. The van der Waals surface area contributed by atoms with Crippen molar-refractivity contribution in [2.75, 3.05) is 19.9 Å². The van der Waals surface area contributed by atoms with Crippen molar-refractivity contribution in [2.45, 2.75) is 37.5 Å². The van der Waals surface area contributed by atoms with E-state index in [1.165, 1.54) is 24.8 Å². The third-order valence-electron chi connectivity index (χ3n) is 5.34. The fourth-order valence-electron chi connectivity index (χ4n) is 3.76. The van der Waals surface area contributed by atoms with Crippen LogP contribution in [-0.4, -0.2) is 31.1 Å². The van der Waals surface area contributed by atoms with Gasteiger partial charge in [-0.2, -0.15) is 0 Å². The number of ether oxygens (including phenoxy) is 1. The topological polar surface area (TPSA) is 81.4 Å². The number of hydrogen-bond donors (Lipinski definition) is 2. The van der Waals surface area contributed by atoms with Crippen molar-refractivity contribution in [3.05, 3.63) is 65.7 Å². The van der Waals surface area contributed by atoms with Crippen molar-refractivity contribution in [2.24, 2.45) is 5.73 Å². The minimum atomic E-state index is -0.329. The van der Waals surface area contributed by atoms with E-state index in [1.54, 1.807) is 13.4 Å². The largest absolute Gasteiger partial charge is 0.496 e. The summed E-state index contributed by atoms with van der Waals surface area (Å²) in [4.78, 5) is 22.2. The molecular formula is C23H30N2O3S. The van der Waals surface area contributed by atoms with Crippen LogP contribution in [0, 0.1) is 0 Å². The molecule has 0 aromatic heterocycles. The molecule has 2 aromatic carbocycles. The highest BCUT2D eigenvalue weighted by Gasteiger charge is 2.34. The maximum Gasteiger partial charge on any atom is 0.276 e. The summed E-state index contributed by atoms with van der Waals surface area (Å²) in [5.74, 6) is 0.556. The first-order valence-corrected chi connectivity index (χ1v) is 11.0. The van der Waals surface area contributed by atoms with Gasteiger partial charge in [0.2, 0.25) is 0 Å². The van der Waals surface area contributed by atoms with E-state index in [-0.39, 0.29) is 16.6 Å². The van der Waals surface area contributed by atoms with Crippen LogP contribution in [0.4, 0.5) is 4.79 Å². The molecule has 2 amide bonds. The SMILES string of the molecule is COc1ccccc1C(=O)NCC1(c2ccccc2)CCCCC1.CSC(N)=O. The number of hydrogen-bond acceptors (Lipinski definition) is 4. The Hall–Kier alpha value is -2.47. The van der Waals surface area contributed by atoms with Gasteiger partial charge in [-0.05, 0) is 36.8 Å². The van der Waals surface area contributed by atoms with Gasteiger partial charge in [0.05, 0.1) is 12.7 Å². The predicted molar refractivity (Wildman–Crippen MR) is 120 cm³/mol. The van der Waals surface area contributed by atoms with Gasteiger partial charge in [0.15, 0.2) is 0 Å². The summed E-state index contributed by atoms with van der Waals surface area (Å²) >= 11 is 1.02. The number of nitrogens with one attached hydrogen (secondary N) is 1. The summed E-state index contributed by atoms with van der Waals surface area (Å²) in [6, 6.07) is 18.0. The molecule has 1 aliphatic rings. The number of methoxy groups -OCH3 is 1. The highest BCUT2D eigenvalue weighted by Crippen LogP contribution is 2.39. The molecule has 0 saturated heterocycles. The molecule has 0 atom stereocenters. The second-order valence-corrected chi connectivity index (χ2v) is 7.92. The molecule has 5 nitrogen and oxygen atoms in total. The molecule has 0 heterocycles. The molecule has 6 heteroatoms. The van der Waals surface area contributed by atoms with Gasteiger partial charge in [-0.15, -0.1) is 0 Å². The number of benzene rings is 2. The zero-order chi connectivity index (χ0) is 21.1. The zero-order valence-electron chi connectivity index (χ0n) is 17.1. The Balaban J connectivity index is 0.000000537. The van der Waals surface area contributed by atoms with Gasteiger partial charge in [-0.3, -0.25) is 9.59 Å². The quantitative estimate of drug-likeness (QED) is 0.739. The van der Waals surface area contributed by atoms with Gasteiger partial charge in [0, 0.05) is 12.0 Å². The van der Waals surface area contributed by atoms with Crippen molar-refractivity contribution in [1.82, 2.24) is 5.32 Å². The van der Waals surface area contributed by atoms with Gasteiger partial charge in [0.1, 0.15) is 5.75 Å². The van der Waals surface area contributed by atoms with Gasteiger partial charge in [-0.25, -0.2) is 0 Å². The minimum absolute atomic E-state index is 0.0528. The molecule has 3 rings (SSSR count). The Bertz CT molecular complexity index is 790. The van der Waals surface area contributed by atoms with Crippen LogP contribution >= 0.6 is 11.8 Å². The van der Waals surface area contributed by atoms with Crippen LogP contribution in [0.5, 0.6) is 5.75 Å². The predicted octanol–water partition coefficient (Wildman–Crippen LogP) is 4.76. The molecule has 3 N–H and O–H groups in total. The maximum absolute atomic E-state index is 12.6. The standard InChI is InChI=1S/C21H25NO2.C2H5NOS/c1-24-19-13-7-6-12-18(19)20(23)22-16-21(14-8-3-9-15-21)17-10-4-2-5-11-17;1-5-2(3)4/h2,4-7,10-13H,3,8-9,14-16H2,1H3,(H,22,23);1H3,(H2,3,4). The molecule has 29 heavy (non-hydrogen) atoms. The van der Waals surface area contributed by atoms with E-state index >= 15 is 0 Å². The summed E-state index contributed by atoms with van der Waals surface area (Å²) < 4.78 is 5.31. The van der Waals surface area contributed by atoms with Gasteiger partial charge >= 0.3 is 0 Å². The lowest BCUT2D eigenvalue weighted by atomic mass is 9.69. The molecule has 156 valence electrons. The zero-order valence-corrected chi connectivity index (χ0v) is 18.0. The second-order valence-electron chi connectivity index (χ2n) is 7.11.